The van der Waals surface area contributed by atoms with Gasteiger partial charge in [-0.15, -0.1) is 0 Å². The van der Waals surface area contributed by atoms with Crippen LogP contribution in [0.2, 0.25) is 0 Å². The average molecular weight is 530 g/mol. The molecule has 1 aliphatic rings. The van der Waals surface area contributed by atoms with Gasteiger partial charge in [0.2, 0.25) is 0 Å². The van der Waals surface area contributed by atoms with Gasteiger partial charge >= 0.3 is 0 Å². The Hall–Kier alpha value is -2.18. The SMILES string of the molecule is Oc1ccc2ccccc2c1C=N[C@@H]1CCCC[C@H]1N=Cc1cc(Br)cc(Br)c1O. The quantitative estimate of drug-likeness (QED) is 0.373. The van der Waals surface area contributed by atoms with Crippen LogP contribution in [-0.4, -0.2) is 34.7 Å². The molecule has 4 rings (SSSR count). The van der Waals surface area contributed by atoms with Crippen LogP contribution in [0.25, 0.3) is 10.8 Å². The lowest BCUT2D eigenvalue weighted by Gasteiger charge is -2.25. The van der Waals surface area contributed by atoms with Gasteiger partial charge < -0.3 is 10.2 Å². The standard InChI is InChI=1S/C24H22Br2N2O2/c25-17-11-16(24(30)20(26)12-17)13-27-21-7-3-4-8-22(21)28-14-19-18-6-2-1-5-15(18)9-10-23(19)29/h1-2,5-6,9-14,21-22,29-30H,3-4,7-8H2/t21-,22-/m1/s1. The second-order valence-corrected chi connectivity index (χ2v) is 9.29. The van der Waals surface area contributed by atoms with Crippen molar-refractivity contribution in [3.63, 3.8) is 0 Å². The van der Waals surface area contributed by atoms with Crippen molar-refractivity contribution in [2.45, 2.75) is 37.8 Å². The van der Waals surface area contributed by atoms with E-state index in [1.165, 1.54) is 0 Å². The van der Waals surface area contributed by atoms with E-state index in [2.05, 4.69) is 31.9 Å². The summed E-state index contributed by atoms with van der Waals surface area (Å²) in [6, 6.07) is 15.4. The molecule has 0 aliphatic heterocycles. The van der Waals surface area contributed by atoms with E-state index < -0.39 is 0 Å². The molecular formula is C24H22Br2N2O2. The van der Waals surface area contributed by atoms with Gasteiger partial charge in [-0.2, -0.15) is 0 Å². The molecule has 0 bridgehead atoms. The Bertz CT molecular complexity index is 1130. The molecular weight excluding hydrogens is 508 g/mol. The minimum atomic E-state index is 0.0456. The van der Waals surface area contributed by atoms with Crippen LogP contribution in [0, 0.1) is 0 Å². The van der Waals surface area contributed by atoms with E-state index >= 15 is 0 Å². The van der Waals surface area contributed by atoms with Gasteiger partial charge in [-0.1, -0.05) is 59.1 Å². The Morgan fingerprint density at radius 2 is 1.57 bits per heavy atom. The highest BCUT2D eigenvalue weighted by atomic mass is 79.9. The third-order valence-electron chi connectivity index (χ3n) is 5.50. The molecule has 0 radical (unpaired) electrons. The number of phenols is 2. The summed E-state index contributed by atoms with van der Waals surface area (Å²) < 4.78 is 1.50. The first-order chi connectivity index (χ1) is 14.5. The molecule has 2 N–H and O–H groups in total. The van der Waals surface area contributed by atoms with Crippen molar-refractivity contribution in [3.05, 3.63) is 68.6 Å². The molecule has 1 saturated carbocycles. The number of fused-ring (bicyclic) bond motifs is 1. The van der Waals surface area contributed by atoms with Crippen molar-refractivity contribution < 1.29 is 10.2 Å². The third kappa shape index (κ3) is 4.60. The Morgan fingerprint density at radius 1 is 0.867 bits per heavy atom. The maximum Gasteiger partial charge on any atom is 0.138 e. The van der Waals surface area contributed by atoms with Crippen LogP contribution in [0.4, 0.5) is 0 Å². The van der Waals surface area contributed by atoms with Crippen LogP contribution in [0.5, 0.6) is 11.5 Å². The van der Waals surface area contributed by atoms with Crippen molar-refractivity contribution in [1.29, 1.82) is 0 Å². The summed E-state index contributed by atoms with van der Waals surface area (Å²) in [5, 5.41) is 22.7. The zero-order chi connectivity index (χ0) is 21.1. The first kappa shape index (κ1) is 21.1. The Kier molecular flexibility index (Phi) is 6.54. The van der Waals surface area contributed by atoms with Crippen molar-refractivity contribution in [2.24, 2.45) is 9.98 Å². The summed E-state index contributed by atoms with van der Waals surface area (Å²) in [5.41, 5.74) is 1.41. The van der Waals surface area contributed by atoms with Crippen LogP contribution < -0.4 is 0 Å². The Morgan fingerprint density at radius 3 is 2.33 bits per heavy atom. The summed E-state index contributed by atoms with van der Waals surface area (Å²) in [6.45, 7) is 0. The molecule has 0 saturated heterocycles. The number of hydrogen-bond donors (Lipinski definition) is 2. The van der Waals surface area contributed by atoms with Crippen molar-refractivity contribution in [2.75, 3.05) is 0 Å². The largest absolute Gasteiger partial charge is 0.507 e. The molecule has 0 aromatic heterocycles. The smallest absolute Gasteiger partial charge is 0.138 e. The van der Waals surface area contributed by atoms with Crippen molar-refractivity contribution in [3.8, 4) is 11.5 Å². The van der Waals surface area contributed by atoms with E-state index in [4.69, 9.17) is 9.98 Å². The summed E-state index contributed by atoms with van der Waals surface area (Å²) >= 11 is 6.82. The van der Waals surface area contributed by atoms with Crippen LogP contribution in [0.3, 0.4) is 0 Å². The number of phenolic OH excluding ortho intramolecular Hbond substituents is 2. The normalized spacial score (nSPS) is 19.8. The highest BCUT2D eigenvalue weighted by Crippen LogP contribution is 2.32. The first-order valence-electron chi connectivity index (χ1n) is 9.98. The molecule has 4 nitrogen and oxygen atoms in total. The number of rotatable bonds is 4. The average Bonchev–Trinajstić information content (AvgIpc) is 2.75. The van der Waals surface area contributed by atoms with Gasteiger partial charge in [0, 0.05) is 28.0 Å². The molecule has 2 atom stereocenters. The zero-order valence-electron chi connectivity index (χ0n) is 16.3. The van der Waals surface area contributed by atoms with Gasteiger partial charge in [-0.25, -0.2) is 0 Å². The minimum Gasteiger partial charge on any atom is -0.507 e. The second-order valence-electron chi connectivity index (χ2n) is 7.52. The summed E-state index contributed by atoms with van der Waals surface area (Å²) in [7, 11) is 0. The van der Waals surface area contributed by atoms with E-state index in [1.54, 1.807) is 24.6 Å². The maximum atomic E-state index is 10.4. The lowest BCUT2D eigenvalue weighted by molar-refractivity contribution is 0.390. The molecule has 6 heteroatoms. The van der Waals surface area contributed by atoms with Gasteiger partial charge in [-0.05, 0) is 57.7 Å². The monoisotopic (exact) mass is 528 g/mol. The highest BCUT2D eigenvalue weighted by molar-refractivity contribution is 9.11. The molecule has 30 heavy (non-hydrogen) atoms. The molecule has 1 aliphatic carbocycles. The Labute approximate surface area is 192 Å². The third-order valence-corrected chi connectivity index (χ3v) is 6.56. The fraction of sp³-hybridized carbons (Fsp3) is 0.250. The predicted molar refractivity (Wildman–Crippen MR) is 130 cm³/mol. The Balaban J connectivity index is 1.60. The van der Waals surface area contributed by atoms with Crippen LogP contribution in [-0.2, 0) is 0 Å². The van der Waals surface area contributed by atoms with Gasteiger partial charge in [-0.3, -0.25) is 9.98 Å². The topological polar surface area (TPSA) is 65.2 Å². The van der Waals surface area contributed by atoms with Gasteiger partial charge in [0.1, 0.15) is 11.5 Å². The summed E-state index contributed by atoms with van der Waals surface area (Å²) in [6.07, 6.45) is 7.67. The molecule has 0 unspecified atom stereocenters. The number of hydrogen-bond acceptors (Lipinski definition) is 4. The van der Waals surface area contributed by atoms with Gasteiger partial charge in [0.05, 0.1) is 16.6 Å². The molecule has 3 aromatic carbocycles. The summed E-state index contributed by atoms with van der Waals surface area (Å²) in [5.74, 6) is 0.413. The van der Waals surface area contributed by atoms with Crippen LogP contribution in [0.1, 0.15) is 36.8 Å². The lowest BCUT2D eigenvalue weighted by atomic mass is 9.91. The van der Waals surface area contributed by atoms with Gasteiger partial charge in [0.15, 0.2) is 0 Å². The maximum absolute atomic E-state index is 10.4. The molecule has 1 fully saturated rings. The minimum absolute atomic E-state index is 0.0456. The number of halogens is 2. The highest BCUT2D eigenvalue weighted by Gasteiger charge is 2.23. The van der Waals surface area contributed by atoms with E-state index in [9.17, 15) is 10.2 Å². The predicted octanol–water partition coefficient (Wildman–Crippen LogP) is 6.63. The van der Waals surface area contributed by atoms with E-state index in [0.717, 1.165) is 46.5 Å². The molecule has 0 spiro atoms. The number of benzene rings is 3. The second kappa shape index (κ2) is 9.31. The van der Waals surface area contributed by atoms with Crippen molar-refractivity contribution in [1.82, 2.24) is 0 Å². The number of nitrogens with zero attached hydrogens (tertiary/aromatic N) is 2. The van der Waals surface area contributed by atoms with Crippen molar-refractivity contribution >= 4 is 55.1 Å². The van der Waals surface area contributed by atoms with E-state index in [0.29, 0.717) is 10.0 Å². The first-order valence-corrected chi connectivity index (χ1v) is 11.6. The fourth-order valence-electron chi connectivity index (χ4n) is 3.89. The molecule has 3 aromatic rings. The van der Waals surface area contributed by atoms with Crippen LogP contribution >= 0.6 is 31.9 Å². The molecule has 154 valence electrons. The van der Waals surface area contributed by atoms with Crippen LogP contribution in [0.15, 0.2) is 67.5 Å². The van der Waals surface area contributed by atoms with E-state index in [1.807, 2.05) is 36.4 Å². The lowest BCUT2D eigenvalue weighted by Crippen LogP contribution is -2.27. The van der Waals surface area contributed by atoms with Gasteiger partial charge in [0.25, 0.3) is 0 Å². The zero-order valence-corrected chi connectivity index (χ0v) is 19.5. The van der Waals surface area contributed by atoms with E-state index in [-0.39, 0.29) is 23.6 Å². The summed E-state index contributed by atoms with van der Waals surface area (Å²) in [4.78, 5) is 9.61. The number of aliphatic imine (C=N–C) groups is 2. The fourth-order valence-corrected chi connectivity index (χ4v) is 5.15. The number of aromatic hydroxyl groups is 2. The molecule has 0 heterocycles. The molecule has 0 amide bonds.